The fourth-order valence-electron chi connectivity index (χ4n) is 2.19. The number of aryl methyl sites for hydroxylation is 1. The third kappa shape index (κ3) is 3.87. The van der Waals surface area contributed by atoms with Crippen LogP contribution in [0.15, 0.2) is 60.7 Å². The number of hydrogen-bond donors (Lipinski definition) is 1. The number of anilines is 1. The standard InChI is InChI=1S/C19H16N4O/c1-14-7-8-15(13-21-19-10-9-16(12-20)22-23-19)18(11-14)24-17-5-3-2-4-6-17/h2-11H,13H2,1H3,(H,21,23). The molecule has 1 heterocycles. The summed E-state index contributed by atoms with van der Waals surface area (Å²) in [6.45, 7) is 2.57. The van der Waals surface area contributed by atoms with Crippen molar-refractivity contribution in [1.29, 1.82) is 5.26 Å². The normalized spacial score (nSPS) is 10.0. The molecule has 1 N–H and O–H groups in total. The van der Waals surface area contributed by atoms with Gasteiger partial charge in [0, 0.05) is 12.1 Å². The second-order valence-corrected chi connectivity index (χ2v) is 5.30. The molecule has 0 aliphatic rings. The Balaban J connectivity index is 1.76. The van der Waals surface area contributed by atoms with Gasteiger partial charge in [-0.05, 0) is 42.8 Å². The van der Waals surface area contributed by atoms with Crippen LogP contribution < -0.4 is 10.1 Å². The molecule has 0 atom stereocenters. The van der Waals surface area contributed by atoms with Crippen molar-refractivity contribution in [2.75, 3.05) is 5.32 Å². The molecular weight excluding hydrogens is 300 g/mol. The van der Waals surface area contributed by atoms with Crippen molar-refractivity contribution in [3.05, 3.63) is 77.5 Å². The highest BCUT2D eigenvalue weighted by atomic mass is 16.5. The molecular formula is C19H16N4O. The minimum Gasteiger partial charge on any atom is -0.457 e. The van der Waals surface area contributed by atoms with Crippen LogP contribution in [0.25, 0.3) is 0 Å². The van der Waals surface area contributed by atoms with Crippen LogP contribution in [0.2, 0.25) is 0 Å². The van der Waals surface area contributed by atoms with Crippen molar-refractivity contribution in [1.82, 2.24) is 10.2 Å². The summed E-state index contributed by atoms with van der Waals surface area (Å²) in [4.78, 5) is 0. The van der Waals surface area contributed by atoms with E-state index in [0.717, 1.165) is 22.6 Å². The summed E-state index contributed by atoms with van der Waals surface area (Å²) in [6, 6.07) is 21.1. The molecule has 0 amide bonds. The summed E-state index contributed by atoms with van der Waals surface area (Å²) in [5.74, 6) is 2.21. The van der Waals surface area contributed by atoms with Gasteiger partial charge >= 0.3 is 0 Å². The van der Waals surface area contributed by atoms with E-state index in [1.807, 2.05) is 61.5 Å². The molecule has 0 bridgehead atoms. The number of aromatic nitrogens is 2. The van der Waals surface area contributed by atoms with E-state index in [9.17, 15) is 0 Å². The van der Waals surface area contributed by atoms with Crippen LogP contribution in [0.5, 0.6) is 11.5 Å². The van der Waals surface area contributed by atoms with Gasteiger partial charge in [-0.15, -0.1) is 10.2 Å². The van der Waals surface area contributed by atoms with Crippen molar-refractivity contribution in [3.63, 3.8) is 0 Å². The summed E-state index contributed by atoms with van der Waals surface area (Å²) < 4.78 is 6.00. The summed E-state index contributed by atoms with van der Waals surface area (Å²) in [5.41, 5.74) is 2.43. The van der Waals surface area contributed by atoms with E-state index in [2.05, 4.69) is 15.5 Å². The topological polar surface area (TPSA) is 70.8 Å². The Kier molecular flexibility index (Phi) is 4.68. The van der Waals surface area contributed by atoms with E-state index in [0.29, 0.717) is 18.1 Å². The highest BCUT2D eigenvalue weighted by Crippen LogP contribution is 2.27. The minimum absolute atomic E-state index is 0.295. The molecule has 3 aromatic rings. The van der Waals surface area contributed by atoms with Crippen LogP contribution in [0.3, 0.4) is 0 Å². The number of nitriles is 1. The number of hydrogen-bond acceptors (Lipinski definition) is 5. The van der Waals surface area contributed by atoms with E-state index in [4.69, 9.17) is 10.00 Å². The molecule has 2 aromatic carbocycles. The third-order valence-corrected chi connectivity index (χ3v) is 3.43. The van der Waals surface area contributed by atoms with Gasteiger partial charge < -0.3 is 10.1 Å². The number of benzene rings is 2. The second kappa shape index (κ2) is 7.25. The van der Waals surface area contributed by atoms with Crippen molar-refractivity contribution < 1.29 is 4.74 Å². The predicted octanol–water partition coefficient (Wildman–Crippen LogP) is 4.06. The maximum Gasteiger partial charge on any atom is 0.163 e. The molecule has 3 rings (SSSR count). The molecule has 0 unspecified atom stereocenters. The lowest BCUT2D eigenvalue weighted by atomic mass is 10.1. The van der Waals surface area contributed by atoms with E-state index in [-0.39, 0.29) is 0 Å². The SMILES string of the molecule is Cc1ccc(CNc2ccc(C#N)nn2)c(Oc2ccccc2)c1. The molecule has 5 nitrogen and oxygen atoms in total. The van der Waals surface area contributed by atoms with Crippen molar-refractivity contribution in [2.24, 2.45) is 0 Å². The van der Waals surface area contributed by atoms with E-state index < -0.39 is 0 Å². The summed E-state index contributed by atoms with van der Waals surface area (Å²) in [5, 5.41) is 19.7. The van der Waals surface area contributed by atoms with Crippen LogP contribution in [-0.2, 0) is 6.54 Å². The van der Waals surface area contributed by atoms with Gasteiger partial charge in [0.05, 0.1) is 0 Å². The number of para-hydroxylation sites is 1. The average Bonchev–Trinajstić information content (AvgIpc) is 2.62. The Bertz CT molecular complexity index is 855. The second-order valence-electron chi connectivity index (χ2n) is 5.30. The molecule has 0 saturated carbocycles. The number of ether oxygens (including phenoxy) is 1. The maximum atomic E-state index is 8.75. The Morgan fingerprint density at radius 1 is 1.04 bits per heavy atom. The largest absolute Gasteiger partial charge is 0.457 e. The molecule has 0 fully saturated rings. The molecule has 24 heavy (non-hydrogen) atoms. The lowest BCUT2D eigenvalue weighted by molar-refractivity contribution is 0.476. The minimum atomic E-state index is 0.295. The Labute approximate surface area is 140 Å². The monoisotopic (exact) mass is 316 g/mol. The van der Waals surface area contributed by atoms with Crippen LogP contribution >= 0.6 is 0 Å². The van der Waals surface area contributed by atoms with Crippen molar-refractivity contribution in [2.45, 2.75) is 13.5 Å². The number of nitrogens with one attached hydrogen (secondary N) is 1. The quantitative estimate of drug-likeness (QED) is 0.768. The lowest BCUT2D eigenvalue weighted by Crippen LogP contribution is -2.04. The predicted molar refractivity (Wildman–Crippen MR) is 91.8 cm³/mol. The first-order valence-electron chi connectivity index (χ1n) is 7.55. The molecule has 0 saturated heterocycles. The van der Waals surface area contributed by atoms with Gasteiger partial charge in [0.25, 0.3) is 0 Å². The molecule has 0 aliphatic heterocycles. The Morgan fingerprint density at radius 2 is 1.88 bits per heavy atom. The fraction of sp³-hybridized carbons (Fsp3) is 0.105. The maximum absolute atomic E-state index is 8.75. The van der Waals surface area contributed by atoms with Gasteiger partial charge in [-0.3, -0.25) is 0 Å². The van der Waals surface area contributed by atoms with Crippen LogP contribution in [0.4, 0.5) is 5.82 Å². The van der Waals surface area contributed by atoms with Gasteiger partial charge in [-0.1, -0.05) is 30.3 Å². The summed E-state index contributed by atoms with van der Waals surface area (Å²) >= 11 is 0. The molecule has 1 aromatic heterocycles. The zero-order valence-corrected chi connectivity index (χ0v) is 13.2. The first kappa shape index (κ1) is 15.5. The Hall–Kier alpha value is -3.39. The smallest absolute Gasteiger partial charge is 0.163 e. The highest BCUT2D eigenvalue weighted by molar-refractivity contribution is 5.43. The molecule has 0 radical (unpaired) electrons. The third-order valence-electron chi connectivity index (χ3n) is 3.43. The van der Waals surface area contributed by atoms with Crippen LogP contribution in [-0.4, -0.2) is 10.2 Å². The highest BCUT2D eigenvalue weighted by Gasteiger charge is 2.06. The first-order valence-corrected chi connectivity index (χ1v) is 7.55. The van der Waals surface area contributed by atoms with Crippen LogP contribution in [0, 0.1) is 18.3 Å². The zero-order valence-electron chi connectivity index (χ0n) is 13.2. The van der Waals surface area contributed by atoms with E-state index >= 15 is 0 Å². The number of rotatable bonds is 5. The first-order chi connectivity index (χ1) is 11.7. The summed E-state index contributed by atoms with van der Waals surface area (Å²) in [6.07, 6.45) is 0. The van der Waals surface area contributed by atoms with Crippen molar-refractivity contribution in [3.8, 4) is 17.6 Å². The van der Waals surface area contributed by atoms with Crippen molar-refractivity contribution >= 4 is 5.82 Å². The van der Waals surface area contributed by atoms with E-state index in [1.54, 1.807) is 12.1 Å². The Morgan fingerprint density at radius 3 is 2.58 bits per heavy atom. The van der Waals surface area contributed by atoms with Gasteiger partial charge in [0.15, 0.2) is 5.69 Å². The van der Waals surface area contributed by atoms with Gasteiger partial charge in [0.1, 0.15) is 23.4 Å². The van der Waals surface area contributed by atoms with E-state index in [1.165, 1.54) is 0 Å². The van der Waals surface area contributed by atoms with Gasteiger partial charge in [-0.25, -0.2) is 0 Å². The van der Waals surface area contributed by atoms with Gasteiger partial charge in [0.2, 0.25) is 0 Å². The summed E-state index contributed by atoms with van der Waals surface area (Å²) in [7, 11) is 0. The number of nitrogens with zero attached hydrogens (tertiary/aromatic N) is 3. The molecule has 5 heteroatoms. The molecule has 0 spiro atoms. The zero-order chi connectivity index (χ0) is 16.8. The van der Waals surface area contributed by atoms with Crippen LogP contribution in [0.1, 0.15) is 16.8 Å². The average molecular weight is 316 g/mol. The van der Waals surface area contributed by atoms with Gasteiger partial charge in [-0.2, -0.15) is 5.26 Å². The molecule has 118 valence electrons. The molecule has 0 aliphatic carbocycles. The lowest BCUT2D eigenvalue weighted by Gasteiger charge is -2.13. The fourth-order valence-corrected chi connectivity index (χ4v) is 2.19.